The standard InChI is InChI=1S/C62H40N2O.C11H12/c1-2-13-42-37(12-1)32-52-43(17-9-19-45(42)52)38-27-31-60-55(33-38)48-15-4-7-23-57(48)64(60)58-24-11-20-46-51-36-41(29-26-40(51)35-53(46)58)63-56-22-6-3-14-47(56)54-34-39(28-30-59(54)63)44-18-10-21-50-49-16-5-8-25-61(49)65-62(44)50;1-4-9(2)11-8-6-5-7-10(11)3/h1-4,6-15,17-31,33-34,36H,5,16,32,35H2;4-8H,1-2H2,3H3. The fourth-order valence-corrected chi connectivity index (χ4v) is 13.0. The Bertz CT molecular complexity index is 4640. The van der Waals surface area contributed by atoms with Crippen LogP contribution in [-0.4, -0.2) is 9.13 Å². The highest BCUT2D eigenvalue weighted by Gasteiger charge is 2.27. The molecule has 0 bridgehead atoms. The summed E-state index contributed by atoms with van der Waals surface area (Å²) in [6, 6.07) is 76.4. The van der Waals surface area contributed by atoms with Gasteiger partial charge in [-0.25, -0.2) is 0 Å². The van der Waals surface area contributed by atoms with Crippen LogP contribution in [0, 0.1) is 6.92 Å². The molecular formula is C73H52N2O. The molecule has 3 heterocycles. The molecule has 0 saturated carbocycles. The number of allylic oxidation sites excluding steroid dienone is 3. The van der Waals surface area contributed by atoms with Gasteiger partial charge in [-0.15, -0.1) is 0 Å². The molecule has 360 valence electrons. The zero-order valence-corrected chi connectivity index (χ0v) is 42.4. The number of aromatic nitrogens is 2. The van der Waals surface area contributed by atoms with Crippen molar-refractivity contribution in [2.24, 2.45) is 0 Å². The second-order valence-electron chi connectivity index (χ2n) is 20.8. The van der Waals surface area contributed by atoms with Crippen molar-refractivity contribution in [1.29, 1.82) is 0 Å². The summed E-state index contributed by atoms with van der Waals surface area (Å²) in [5.41, 5.74) is 28.9. The van der Waals surface area contributed by atoms with Crippen LogP contribution >= 0.6 is 0 Å². The average molecular weight is 973 g/mol. The van der Waals surface area contributed by atoms with E-state index in [9.17, 15) is 0 Å². The van der Waals surface area contributed by atoms with Crippen molar-refractivity contribution >= 4 is 66.2 Å². The van der Waals surface area contributed by atoms with Crippen LogP contribution in [0.15, 0.2) is 236 Å². The Labute approximate surface area is 442 Å². The molecule has 0 aliphatic heterocycles. The molecular weight excluding hydrogens is 921 g/mol. The quantitative estimate of drug-likeness (QED) is 0.152. The van der Waals surface area contributed by atoms with Gasteiger partial charge in [0, 0.05) is 50.2 Å². The highest BCUT2D eigenvalue weighted by atomic mass is 16.3. The van der Waals surface area contributed by atoms with E-state index in [2.05, 4.69) is 235 Å². The topological polar surface area (TPSA) is 23.0 Å². The molecule has 0 radical (unpaired) electrons. The molecule has 76 heavy (non-hydrogen) atoms. The van der Waals surface area contributed by atoms with Crippen molar-refractivity contribution in [3.63, 3.8) is 0 Å². The second kappa shape index (κ2) is 17.3. The van der Waals surface area contributed by atoms with E-state index in [4.69, 9.17) is 4.42 Å². The SMILES string of the molecule is C1=Cc2oc3c(-c4ccc5c(c4)c4ccccc4n5-c4ccc5c(c4)-c4cccc(-n6c7ccccc7c7cc(-c8cccc9c8Cc8ccccc8-9)ccc76)c4C5)cccc3c2CC1.C=CC(=C)c1ccccc1C. The van der Waals surface area contributed by atoms with Crippen molar-refractivity contribution in [3.8, 4) is 55.9 Å². The first kappa shape index (κ1) is 44.1. The first-order valence-electron chi connectivity index (χ1n) is 26.6. The van der Waals surface area contributed by atoms with Crippen molar-refractivity contribution < 1.29 is 4.42 Å². The minimum absolute atomic E-state index is 0.887. The van der Waals surface area contributed by atoms with Crippen molar-refractivity contribution in [2.75, 3.05) is 0 Å². The summed E-state index contributed by atoms with van der Waals surface area (Å²) >= 11 is 0. The maximum absolute atomic E-state index is 6.55. The Morgan fingerprint density at radius 3 is 1.87 bits per heavy atom. The summed E-state index contributed by atoms with van der Waals surface area (Å²) in [6.07, 6.45) is 10.1. The van der Waals surface area contributed by atoms with E-state index in [-0.39, 0.29) is 0 Å². The molecule has 0 N–H and O–H groups in total. The lowest BCUT2D eigenvalue weighted by molar-refractivity contribution is 0.596. The van der Waals surface area contributed by atoms with Gasteiger partial charge in [-0.1, -0.05) is 177 Å². The molecule has 0 amide bonds. The third kappa shape index (κ3) is 6.75. The first-order chi connectivity index (χ1) is 37.5. The Balaban J connectivity index is 0.000000413. The maximum atomic E-state index is 6.55. The van der Waals surface area contributed by atoms with Crippen LogP contribution in [-0.2, 0) is 19.3 Å². The number of furan rings is 1. The predicted molar refractivity (Wildman–Crippen MR) is 320 cm³/mol. The minimum atomic E-state index is 0.887. The van der Waals surface area contributed by atoms with Gasteiger partial charge in [-0.3, -0.25) is 0 Å². The summed E-state index contributed by atoms with van der Waals surface area (Å²) in [7, 11) is 0. The van der Waals surface area contributed by atoms with E-state index in [0.29, 0.717) is 0 Å². The van der Waals surface area contributed by atoms with Crippen LogP contribution in [0.3, 0.4) is 0 Å². The van der Waals surface area contributed by atoms with Gasteiger partial charge in [0.15, 0.2) is 0 Å². The van der Waals surface area contributed by atoms with Crippen LogP contribution in [0.4, 0.5) is 0 Å². The van der Waals surface area contributed by atoms with Gasteiger partial charge in [0.25, 0.3) is 0 Å². The van der Waals surface area contributed by atoms with E-state index in [1.807, 2.05) is 12.1 Å². The first-order valence-corrected chi connectivity index (χ1v) is 26.6. The number of nitrogens with zero attached hydrogens (tertiary/aromatic N) is 2. The summed E-state index contributed by atoms with van der Waals surface area (Å²) < 4.78 is 11.5. The van der Waals surface area contributed by atoms with Crippen LogP contribution in [0.25, 0.3) is 122 Å². The molecule has 13 aromatic rings. The van der Waals surface area contributed by atoms with E-state index < -0.39 is 0 Å². The molecule has 3 aromatic heterocycles. The van der Waals surface area contributed by atoms with E-state index >= 15 is 0 Å². The van der Waals surface area contributed by atoms with Gasteiger partial charge in [-0.2, -0.15) is 0 Å². The molecule has 0 unspecified atom stereocenters. The molecule has 0 atom stereocenters. The van der Waals surface area contributed by atoms with Crippen molar-refractivity contribution in [2.45, 2.75) is 32.6 Å². The van der Waals surface area contributed by atoms with Gasteiger partial charge in [0.2, 0.25) is 0 Å². The number of fused-ring (bicyclic) bond motifs is 15. The number of hydrogen-bond donors (Lipinski definition) is 0. The summed E-state index contributed by atoms with van der Waals surface area (Å²) in [6.45, 7) is 9.64. The molecule has 10 aromatic carbocycles. The number of hydrogen-bond acceptors (Lipinski definition) is 1. The second-order valence-corrected chi connectivity index (χ2v) is 20.8. The number of benzene rings is 10. The van der Waals surface area contributed by atoms with Crippen molar-refractivity contribution in [3.05, 3.63) is 276 Å². The Morgan fingerprint density at radius 1 is 0.474 bits per heavy atom. The van der Waals surface area contributed by atoms with E-state index in [0.717, 1.165) is 48.2 Å². The van der Waals surface area contributed by atoms with Gasteiger partial charge in [0.05, 0.1) is 27.8 Å². The highest BCUT2D eigenvalue weighted by molar-refractivity contribution is 6.13. The number of para-hydroxylation sites is 3. The van der Waals surface area contributed by atoms with Gasteiger partial charge >= 0.3 is 0 Å². The van der Waals surface area contributed by atoms with Gasteiger partial charge < -0.3 is 13.6 Å². The average Bonchev–Trinajstić information content (AvgIpc) is 4.39. The van der Waals surface area contributed by atoms with Gasteiger partial charge in [0.1, 0.15) is 11.3 Å². The molecule has 3 heteroatoms. The molecule has 0 saturated heterocycles. The van der Waals surface area contributed by atoms with Crippen LogP contribution in [0.5, 0.6) is 0 Å². The number of rotatable bonds is 6. The van der Waals surface area contributed by atoms with Crippen molar-refractivity contribution in [1.82, 2.24) is 9.13 Å². The third-order valence-corrected chi connectivity index (χ3v) is 16.6. The monoisotopic (exact) mass is 972 g/mol. The zero-order chi connectivity index (χ0) is 50.6. The van der Waals surface area contributed by atoms with Crippen LogP contribution < -0.4 is 0 Å². The van der Waals surface area contributed by atoms with Crippen LogP contribution in [0.1, 0.15) is 51.1 Å². The van der Waals surface area contributed by atoms with Crippen LogP contribution in [0.2, 0.25) is 0 Å². The fraction of sp³-hybridized carbons (Fsp3) is 0.0685. The minimum Gasteiger partial charge on any atom is -0.456 e. The molecule has 3 nitrogen and oxygen atoms in total. The smallest absolute Gasteiger partial charge is 0.142 e. The van der Waals surface area contributed by atoms with Gasteiger partial charge in [-0.05, 0) is 165 Å². The predicted octanol–water partition coefficient (Wildman–Crippen LogP) is 19.3. The summed E-state index contributed by atoms with van der Waals surface area (Å²) in [5, 5.41) is 6.29. The number of aryl methyl sites for hydroxylation is 2. The largest absolute Gasteiger partial charge is 0.456 e. The lowest BCUT2D eigenvalue weighted by Crippen LogP contribution is -1.99. The van der Waals surface area contributed by atoms with E-state index in [1.165, 1.54) is 138 Å². The molecule has 3 aliphatic carbocycles. The fourth-order valence-electron chi connectivity index (χ4n) is 13.0. The Hall–Kier alpha value is -9.44. The lowest BCUT2D eigenvalue weighted by atomic mass is 9.94. The zero-order valence-electron chi connectivity index (χ0n) is 42.4. The normalized spacial score (nSPS) is 12.9. The van der Waals surface area contributed by atoms with E-state index in [1.54, 1.807) is 6.08 Å². The third-order valence-electron chi connectivity index (χ3n) is 16.6. The summed E-state index contributed by atoms with van der Waals surface area (Å²) in [4.78, 5) is 0. The molecule has 0 fully saturated rings. The maximum Gasteiger partial charge on any atom is 0.142 e. The summed E-state index contributed by atoms with van der Waals surface area (Å²) in [5.74, 6) is 1.00. The molecule has 0 spiro atoms. The Morgan fingerprint density at radius 2 is 1.07 bits per heavy atom. The highest BCUT2D eigenvalue weighted by Crippen LogP contribution is 2.47. The Kier molecular flexibility index (Phi) is 10.1. The molecule has 16 rings (SSSR count). The lowest BCUT2D eigenvalue weighted by Gasteiger charge is -2.14. The molecule has 3 aliphatic rings.